The van der Waals surface area contributed by atoms with E-state index in [0.717, 1.165) is 23.7 Å². The summed E-state index contributed by atoms with van der Waals surface area (Å²) in [6.07, 6.45) is 4.28. The van der Waals surface area contributed by atoms with Crippen molar-refractivity contribution in [3.8, 4) is 0 Å². The van der Waals surface area contributed by atoms with Crippen LogP contribution in [-0.2, 0) is 0 Å². The summed E-state index contributed by atoms with van der Waals surface area (Å²) < 4.78 is 1.14. The van der Waals surface area contributed by atoms with Gasteiger partial charge in [-0.3, -0.25) is 0 Å². The second-order valence-corrected chi connectivity index (χ2v) is 7.55. The lowest BCUT2D eigenvalue weighted by Crippen LogP contribution is -2.44. The van der Waals surface area contributed by atoms with Crippen molar-refractivity contribution < 1.29 is 5.11 Å². The summed E-state index contributed by atoms with van der Waals surface area (Å²) in [5, 5.41) is 16.2. The smallest absolute Gasteiger partial charge is 0.0774 e. The van der Waals surface area contributed by atoms with Gasteiger partial charge in [-0.05, 0) is 47.7 Å². The van der Waals surface area contributed by atoms with Gasteiger partial charge in [-0.1, -0.05) is 19.8 Å². The van der Waals surface area contributed by atoms with Gasteiger partial charge in [0.05, 0.1) is 5.60 Å². The summed E-state index contributed by atoms with van der Waals surface area (Å²) in [6, 6.07) is 2.46. The van der Waals surface area contributed by atoms with Crippen molar-refractivity contribution in [2.24, 2.45) is 5.92 Å². The molecule has 4 heteroatoms. The molecule has 3 unspecified atom stereocenters. The Morgan fingerprint density at radius 2 is 2.44 bits per heavy atom. The van der Waals surface area contributed by atoms with E-state index in [0.29, 0.717) is 18.5 Å². The topological polar surface area (TPSA) is 32.3 Å². The van der Waals surface area contributed by atoms with E-state index in [4.69, 9.17) is 0 Å². The van der Waals surface area contributed by atoms with E-state index in [-0.39, 0.29) is 0 Å². The Morgan fingerprint density at radius 3 is 3.06 bits per heavy atom. The minimum absolute atomic E-state index is 0.308. The zero-order chi connectivity index (χ0) is 13.2. The average Bonchev–Trinajstić information content (AvgIpc) is 2.73. The largest absolute Gasteiger partial charge is 0.389 e. The Bertz CT molecular complexity index is 395. The fourth-order valence-corrected chi connectivity index (χ4v) is 4.27. The highest BCUT2D eigenvalue weighted by molar-refractivity contribution is 9.10. The molecule has 1 aromatic rings. The van der Waals surface area contributed by atoms with Crippen LogP contribution >= 0.6 is 27.3 Å². The van der Waals surface area contributed by atoms with Crippen LogP contribution in [0.15, 0.2) is 15.9 Å². The van der Waals surface area contributed by atoms with Crippen LogP contribution in [0, 0.1) is 5.92 Å². The summed E-state index contributed by atoms with van der Waals surface area (Å²) in [7, 11) is 0. The molecule has 0 radical (unpaired) electrons. The Balaban J connectivity index is 1.87. The number of nitrogens with one attached hydrogen (secondary N) is 1. The maximum atomic E-state index is 10.6. The van der Waals surface area contributed by atoms with Crippen LogP contribution in [0.3, 0.4) is 0 Å². The molecule has 0 bridgehead atoms. The SMILES string of the molecule is CC1CCCC(O)(CNC(C)c2cc(Br)cs2)C1. The van der Waals surface area contributed by atoms with Crippen molar-refractivity contribution in [1.82, 2.24) is 5.32 Å². The highest BCUT2D eigenvalue weighted by atomic mass is 79.9. The van der Waals surface area contributed by atoms with E-state index >= 15 is 0 Å². The molecular weight excluding hydrogens is 310 g/mol. The molecule has 2 N–H and O–H groups in total. The van der Waals surface area contributed by atoms with E-state index in [9.17, 15) is 5.11 Å². The zero-order valence-corrected chi connectivity index (χ0v) is 13.5. The maximum Gasteiger partial charge on any atom is 0.0774 e. The first-order valence-electron chi connectivity index (χ1n) is 6.68. The van der Waals surface area contributed by atoms with E-state index in [1.54, 1.807) is 11.3 Å². The molecule has 3 atom stereocenters. The van der Waals surface area contributed by atoms with Gasteiger partial charge in [0.1, 0.15) is 0 Å². The van der Waals surface area contributed by atoms with Crippen LogP contribution in [0.5, 0.6) is 0 Å². The average molecular weight is 332 g/mol. The van der Waals surface area contributed by atoms with E-state index in [1.165, 1.54) is 11.3 Å². The maximum absolute atomic E-state index is 10.6. The van der Waals surface area contributed by atoms with E-state index in [1.807, 2.05) is 0 Å². The normalized spacial score (nSPS) is 30.3. The molecule has 0 spiro atoms. The minimum Gasteiger partial charge on any atom is -0.389 e. The second kappa shape index (κ2) is 6.04. The van der Waals surface area contributed by atoms with Gasteiger partial charge in [-0.15, -0.1) is 11.3 Å². The molecule has 1 aliphatic rings. The first-order valence-corrected chi connectivity index (χ1v) is 8.35. The first kappa shape index (κ1) is 14.5. The van der Waals surface area contributed by atoms with Gasteiger partial charge in [-0.2, -0.15) is 0 Å². The summed E-state index contributed by atoms with van der Waals surface area (Å²) in [5.41, 5.74) is -0.500. The lowest BCUT2D eigenvalue weighted by Gasteiger charge is -2.36. The number of halogens is 1. The van der Waals surface area contributed by atoms with Gasteiger partial charge < -0.3 is 10.4 Å². The Labute approximate surface area is 122 Å². The van der Waals surface area contributed by atoms with E-state index in [2.05, 4.69) is 46.5 Å². The molecule has 1 fully saturated rings. The molecule has 1 aromatic heterocycles. The standard InChI is InChI=1S/C14H22BrNOS/c1-10-4-3-5-14(17,7-10)9-16-11(2)13-6-12(15)8-18-13/h6,8,10-11,16-17H,3-5,7,9H2,1-2H3. The Hall–Kier alpha value is 0.1000. The van der Waals surface area contributed by atoms with Crippen molar-refractivity contribution in [2.45, 2.75) is 51.2 Å². The number of thiophene rings is 1. The van der Waals surface area contributed by atoms with Gasteiger partial charge in [-0.25, -0.2) is 0 Å². The lowest BCUT2D eigenvalue weighted by molar-refractivity contribution is -0.0133. The van der Waals surface area contributed by atoms with Crippen LogP contribution in [0.25, 0.3) is 0 Å². The molecule has 0 amide bonds. The number of rotatable bonds is 4. The van der Waals surface area contributed by atoms with Crippen LogP contribution in [-0.4, -0.2) is 17.3 Å². The minimum atomic E-state index is -0.500. The van der Waals surface area contributed by atoms with Crippen LogP contribution < -0.4 is 5.32 Å². The zero-order valence-electron chi connectivity index (χ0n) is 11.1. The molecule has 102 valence electrons. The highest BCUT2D eigenvalue weighted by Gasteiger charge is 2.32. The molecule has 2 rings (SSSR count). The number of aliphatic hydroxyl groups is 1. The molecule has 1 saturated carbocycles. The quantitative estimate of drug-likeness (QED) is 0.870. The summed E-state index contributed by atoms with van der Waals surface area (Å²) >= 11 is 5.23. The summed E-state index contributed by atoms with van der Waals surface area (Å²) in [5.74, 6) is 0.650. The van der Waals surface area contributed by atoms with Crippen molar-refractivity contribution >= 4 is 27.3 Å². The molecule has 0 aromatic carbocycles. The van der Waals surface area contributed by atoms with Crippen molar-refractivity contribution in [2.75, 3.05) is 6.54 Å². The van der Waals surface area contributed by atoms with Crippen LogP contribution in [0.2, 0.25) is 0 Å². The first-order chi connectivity index (χ1) is 8.48. The molecule has 1 aliphatic carbocycles. The molecular formula is C14H22BrNOS. The van der Waals surface area contributed by atoms with Gasteiger partial charge in [0.25, 0.3) is 0 Å². The predicted octanol–water partition coefficient (Wildman–Crippen LogP) is 4.10. The van der Waals surface area contributed by atoms with Crippen LogP contribution in [0.1, 0.15) is 50.4 Å². The van der Waals surface area contributed by atoms with Gasteiger partial charge in [0, 0.05) is 27.3 Å². The molecule has 18 heavy (non-hydrogen) atoms. The number of hydrogen-bond donors (Lipinski definition) is 2. The third-order valence-electron chi connectivity index (χ3n) is 3.82. The second-order valence-electron chi connectivity index (χ2n) is 5.70. The van der Waals surface area contributed by atoms with Gasteiger partial charge >= 0.3 is 0 Å². The molecule has 0 aliphatic heterocycles. The molecule has 2 nitrogen and oxygen atoms in total. The monoisotopic (exact) mass is 331 g/mol. The fraction of sp³-hybridized carbons (Fsp3) is 0.714. The van der Waals surface area contributed by atoms with Gasteiger partial charge in [0.15, 0.2) is 0 Å². The third-order valence-corrected chi connectivity index (χ3v) is 5.70. The summed E-state index contributed by atoms with van der Waals surface area (Å²) in [6.45, 7) is 5.10. The third kappa shape index (κ3) is 3.80. The van der Waals surface area contributed by atoms with E-state index < -0.39 is 5.60 Å². The van der Waals surface area contributed by atoms with Crippen molar-refractivity contribution in [1.29, 1.82) is 0 Å². The lowest BCUT2D eigenvalue weighted by atomic mass is 9.79. The van der Waals surface area contributed by atoms with Crippen LogP contribution in [0.4, 0.5) is 0 Å². The number of hydrogen-bond acceptors (Lipinski definition) is 3. The highest BCUT2D eigenvalue weighted by Crippen LogP contribution is 2.32. The van der Waals surface area contributed by atoms with Gasteiger partial charge in [0.2, 0.25) is 0 Å². The Kier molecular flexibility index (Phi) is 4.86. The predicted molar refractivity (Wildman–Crippen MR) is 81.0 cm³/mol. The molecule has 0 saturated heterocycles. The van der Waals surface area contributed by atoms with Crippen molar-refractivity contribution in [3.63, 3.8) is 0 Å². The fourth-order valence-electron chi connectivity index (χ4n) is 2.79. The summed E-state index contributed by atoms with van der Waals surface area (Å²) in [4.78, 5) is 1.31. The Morgan fingerprint density at radius 1 is 1.67 bits per heavy atom. The van der Waals surface area contributed by atoms with Crippen molar-refractivity contribution in [3.05, 3.63) is 20.8 Å². The molecule has 1 heterocycles.